The smallest absolute Gasteiger partial charge is 0.335 e. The van der Waals surface area contributed by atoms with Gasteiger partial charge in [-0.15, -0.1) is 0 Å². The molecule has 0 unspecified atom stereocenters. The molecule has 0 aliphatic rings. The predicted molar refractivity (Wildman–Crippen MR) is 101 cm³/mol. The molecule has 0 aromatic heterocycles. The van der Waals surface area contributed by atoms with Crippen molar-refractivity contribution >= 4 is 16.0 Å². The molecule has 26 heavy (non-hydrogen) atoms. The van der Waals surface area contributed by atoms with Crippen LogP contribution in [0.3, 0.4) is 0 Å². The summed E-state index contributed by atoms with van der Waals surface area (Å²) in [7, 11) is -0.0811. The van der Waals surface area contributed by atoms with Gasteiger partial charge in [-0.05, 0) is 44.3 Å². The van der Waals surface area contributed by atoms with Crippen LogP contribution in [0.25, 0.3) is 0 Å². The monoisotopic (exact) mass is 376 g/mol. The molecule has 0 saturated heterocycles. The van der Waals surface area contributed by atoms with Crippen LogP contribution in [0, 0.1) is 6.92 Å². The number of rotatable bonds is 8. The van der Waals surface area contributed by atoms with Gasteiger partial charge >= 0.3 is 5.97 Å². The topological polar surface area (TPSA) is 77.9 Å². The first-order valence-electron chi connectivity index (χ1n) is 8.24. The fourth-order valence-electron chi connectivity index (χ4n) is 2.53. The van der Waals surface area contributed by atoms with E-state index in [1.807, 2.05) is 49.3 Å². The Bertz CT molecular complexity index is 864. The van der Waals surface area contributed by atoms with Crippen LogP contribution >= 0.6 is 0 Å². The highest BCUT2D eigenvalue weighted by atomic mass is 32.2. The van der Waals surface area contributed by atoms with Gasteiger partial charge in [0.05, 0.1) is 10.5 Å². The number of carboxylic acid groups (broad SMARTS) is 1. The van der Waals surface area contributed by atoms with Gasteiger partial charge in [0, 0.05) is 19.6 Å². The summed E-state index contributed by atoms with van der Waals surface area (Å²) in [6.07, 6.45) is 0. The van der Waals surface area contributed by atoms with Gasteiger partial charge in [-0.3, -0.25) is 0 Å². The first kappa shape index (κ1) is 20.1. The summed E-state index contributed by atoms with van der Waals surface area (Å²) in [4.78, 5) is 13.2. The maximum Gasteiger partial charge on any atom is 0.335 e. The van der Waals surface area contributed by atoms with Crippen molar-refractivity contribution in [3.63, 3.8) is 0 Å². The molecule has 0 aliphatic carbocycles. The first-order valence-corrected chi connectivity index (χ1v) is 9.68. The molecule has 2 aromatic rings. The second kappa shape index (κ2) is 8.44. The van der Waals surface area contributed by atoms with Gasteiger partial charge in [0.1, 0.15) is 0 Å². The molecule has 0 saturated carbocycles. The van der Waals surface area contributed by atoms with E-state index in [0.717, 1.165) is 5.56 Å². The Morgan fingerprint density at radius 2 is 1.69 bits per heavy atom. The Labute approximate surface area is 154 Å². The van der Waals surface area contributed by atoms with E-state index < -0.39 is 16.0 Å². The summed E-state index contributed by atoms with van der Waals surface area (Å²) in [6.45, 7) is 2.77. The molecule has 0 amide bonds. The van der Waals surface area contributed by atoms with Crippen LogP contribution in [0.2, 0.25) is 0 Å². The number of hydrogen-bond donors (Lipinski definition) is 1. The van der Waals surface area contributed by atoms with Crippen LogP contribution in [0.15, 0.2) is 53.4 Å². The first-order chi connectivity index (χ1) is 12.2. The summed E-state index contributed by atoms with van der Waals surface area (Å²) < 4.78 is 27.9. The van der Waals surface area contributed by atoms with Gasteiger partial charge < -0.3 is 10.0 Å². The Kier molecular flexibility index (Phi) is 6.52. The zero-order valence-corrected chi connectivity index (χ0v) is 16.0. The van der Waals surface area contributed by atoms with E-state index in [1.165, 1.54) is 22.5 Å². The van der Waals surface area contributed by atoms with Crippen molar-refractivity contribution in [2.24, 2.45) is 0 Å². The molecule has 2 aromatic carbocycles. The van der Waals surface area contributed by atoms with Gasteiger partial charge in [0.25, 0.3) is 0 Å². The molecule has 0 aliphatic heterocycles. The molecule has 0 spiro atoms. The number of hydrogen-bond acceptors (Lipinski definition) is 4. The number of carbonyl (C=O) groups is 1. The minimum atomic E-state index is -3.84. The van der Waals surface area contributed by atoms with Crippen LogP contribution in [0.1, 0.15) is 21.5 Å². The third-order valence-electron chi connectivity index (χ3n) is 4.05. The lowest BCUT2D eigenvalue weighted by atomic mass is 10.1. The third-order valence-corrected chi connectivity index (χ3v) is 6.04. The maximum absolute atomic E-state index is 13.3. The van der Waals surface area contributed by atoms with Gasteiger partial charge in [-0.2, -0.15) is 4.31 Å². The summed E-state index contributed by atoms with van der Waals surface area (Å²) in [6, 6.07) is 13.5. The Hall–Kier alpha value is -2.22. The van der Waals surface area contributed by atoms with Crippen molar-refractivity contribution in [1.82, 2.24) is 9.21 Å². The lowest BCUT2D eigenvalue weighted by Gasteiger charge is -2.25. The van der Waals surface area contributed by atoms with Crippen molar-refractivity contribution in [2.75, 3.05) is 27.2 Å². The number of benzene rings is 2. The summed E-state index contributed by atoms with van der Waals surface area (Å²) in [5.74, 6) is -1.15. The molecular weight excluding hydrogens is 352 g/mol. The molecule has 1 N–H and O–H groups in total. The lowest BCUT2D eigenvalue weighted by Crippen LogP contribution is -2.36. The van der Waals surface area contributed by atoms with Gasteiger partial charge in [-0.25, -0.2) is 13.2 Å². The fourth-order valence-corrected chi connectivity index (χ4v) is 4.20. The van der Waals surface area contributed by atoms with Crippen molar-refractivity contribution in [1.29, 1.82) is 0 Å². The van der Waals surface area contributed by atoms with E-state index in [4.69, 9.17) is 0 Å². The normalized spacial score (nSPS) is 11.9. The molecule has 2 rings (SSSR count). The number of carboxylic acids is 1. The van der Waals surface area contributed by atoms with Crippen LogP contribution in [0.4, 0.5) is 0 Å². The van der Waals surface area contributed by atoms with Gasteiger partial charge in [0.15, 0.2) is 0 Å². The molecule has 0 heterocycles. The minimum absolute atomic E-state index is 0.0343. The maximum atomic E-state index is 13.3. The lowest BCUT2D eigenvalue weighted by molar-refractivity contribution is 0.0696. The summed E-state index contributed by atoms with van der Waals surface area (Å²) in [5.41, 5.74) is 1.36. The van der Waals surface area contributed by atoms with Crippen LogP contribution in [-0.4, -0.2) is 55.9 Å². The zero-order valence-electron chi connectivity index (χ0n) is 15.2. The van der Waals surface area contributed by atoms with Crippen LogP contribution in [0.5, 0.6) is 0 Å². The molecular formula is C19H24N2O4S. The molecule has 0 bridgehead atoms. The fraction of sp³-hybridized carbons (Fsp3) is 0.316. The Morgan fingerprint density at radius 3 is 2.27 bits per heavy atom. The highest BCUT2D eigenvalue weighted by molar-refractivity contribution is 7.89. The van der Waals surface area contributed by atoms with Crippen molar-refractivity contribution in [2.45, 2.75) is 18.4 Å². The van der Waals surface area contributed by atoms with Crippen molar-refractivity contribution < 1.29 is 18.3 Å². The molecule has 0 fully saturated rings. The summed E-state index contributed by atoms with van der Waals surface area (Å²) >= 11 is 0. The Morgan fingerprint density at radius 1 is 1.04 bits per heavy atom. The SMILES string of the molecule is Cc1ccc(C(=O)O)cc1S(=O)(=O)N(CCN(C)C)Cc1ccccc1. The van der Waals surface area contributed by atoms with Gasteiger partial charge in [-0.1, -0.05) is 36.4 Å². The highest BCUT2D eigenvalue weighted by Gasteiger charge is 2.27. The average molecular weight is 376 g/mol. The molecule has 0 radical (unpaired) electrons. The number of aryl methyl sites for hydroxylation is 1. The quantitative estimate of drug-likeness (QED) is 0.766. The average Bonchev–Trinajstić information content (AvgIpc) is 2.59. The second-order valence-corrected chi connectivity index (χ2v) is 8.32. The molecule has 140 valence electrons. The standard InChI is InChI=1S/C19H24N2O4S/c1-15-9-10-17(19(22)23)13-18(15)26(24,25)21(12-11-20(2)3)14-16-7-5-4-6-8-16/h4-10,13H,11-12,14H2,1-3H3,(H,22,23). The number of nitrogens with zero attached hydrogens (tertiary/aromatic N) is 2. The van der Waals surface area contributed by atoms with E-state index in [1.54, 1.807) is 6.92 Å². The highest BCUT2D eigenvalue weighted by Crippen LogP contribution is 2.23. The molecule has 6 nitrogen and oxygen atoms in total. The van der Waals surface area contributed by atoms with E-state index in [2.05, 4.69) is 0 Å². The molecule has 7 heteroatoms. The van der Waals surface area contributed by atoms with Gasteiger partial charge in [0.2, 0.25) is 10.0 Å². The number of likely N-dealkylation sites (N-methyl/N-ethyl adjacent to an activating group) is 1. The second-order valence-electron chi connectivity index (χ2n) is 6.41. The number of aromatic carboxylic acids is 1. The van der Waals surface area contributed by atoms with Crippen molar-refractivity contribution in [3.8, 4) is 0 Å². The molecule has 0 atom stereocenters. The minimum Gasteiger partial charge on any atom is -0.478 e. The third kappa shape index (κ3) is 4.91. The van der Waals surface area contributed by atoms with E-state index >= 15 is 0 Å². The Balaban J connectivity index is 2.44. The largest absolute Gasteiger partial charge is 0.478 e. The predicted octanol–water partition coefficient (Wildman–Crippen LogP) is 2.45. The van der Waals surface area contributed by atoms with E-state index in [-0.39, 0.29) is 17.0 Å². The van der Waals surface area contributed by atoms with E-state index in [0.29, 0.717) is 18.7 Å². The number of sulfonamides is 1. The summed E-state index contributed by atoms with van der Waals surface area (Å²) in [5, 5.41) is 9.20. The van der Waals surface area contributed by atoms with Crippen LogP contribution in [-0.2, 0) is 16.6 Å². The van der Waals surface area contributed by atoms with Crippen molar-refractivity contribution in [3.05, 3.63) is 65.2 Å². The zero-order chi connectivity index (χ0) is 19.3. The van der Waals surface area contributed by atoms with E-state index in [9.17, 15) is 18.3 Å². The van der Waals surface area contributed by atoms with Crippen LogP contribution < -0.4 is 0 Å².